The molecule has 0 saturated carbocycles. The van der Waals surface area contributed by atoms with E-state index >= 15 is 0 Å². The normalized spacial score (nSPS) is 15.8. The molecule has 150 valence electrons. The van der Waals surface area contributed by atoms with E-state index in [2.05, 4.69) is 29.1 Å². The number of rotatable bonds is 6. The Balaban J connectivity index is 1.50. The van der Waals surface area contributed by atoms with Crippen molar-refractivity contribution in [3.05, 3.63) is 59.7 Å². The van der Waals surface area contributed by atoms with E-state index in [-0.39, 0.29) is 0 Å². The largest absolute Gasteiger partial charge is 0.468 e. The maximum Gasteiger partial charge on any atom is 0.209 e. The molecular formula is C24H26N2O3. The van der Waals surface area contributed by atoms with Gasteiger partial charge in [-0.25, -0.2) is 0 Å². The Labute approximate surface area is 171 Å². The van der Waals surface area contributed by atoms with Crippen LogP contribution in [0.25, 0.3) is 22.6 Å². The van der Waals surface area contributed by atoms with Gasteiger partial charge in [-0.05, 0) is 51.0 Å². The molecule has 0 spiro atoms. The van der Waals surface area contributed by atoms with E-state index in [1.54, 1.807) is 0 Å². The molecular weight excluding hydrogens is 364 g/mol. The lowest BCUT2D eigenvalue weighted by atomic mass is 10.0. The van der Waals surface area contributed by atoms with Crippen LogP contribution in [0.15, 0.2) is 53.1 Å². The number of aldehydes is 1. The molecule has 0 radical (unpaired) electrons. The summed E-state index contributed by atoms with van der Waals surface area (Å²) in [6, 6.07) is 15.9. The second-order valence-corrected chi connectivity index (χ2v) is 7.62. The van der Waals surface area contributed by atoms with Gasteiger partial charge < -0.3 is 9.26 Å². The van der Waals surface area contributed by atoms with Crippen LogP contribution in [0.5, 0.6) is 5.75 Å². The molecule has 5 nitrogen and oxygen atoms in total. The second kappa shape index (κ2) is 8.62. The van der Waals surface area contributed by atoms with Gasteiger partial charge in [0, 0.05) is 29.8 Å². The third-order valence-corrected chi connectivity index (χ3v) is 5.49. The number of hydrogen-bond donors (Lipinski definition) is 0. The van der Waals surface area contributed by atoms with Crippen LogP contribution in [0.4, 0.5) is 0 Å². The molecule has 2 aromatic carbocycles. The highest BCUT2D eigenvalue weighted by atomic mass is 16.5. The lowest BCUT2D eigenvalue weighted by Gasteiger charge is -2.31. The average Bonchev–Trinajstić information content (AvgIpc) is 3.15. The monoisotopic (exact) mass is 390 g/mol. The van der Waals surface area contributed by atoms with E-state index in [1.807, 2.05) is 43.3 Å². The number of benzene rings is 2. The zero-order chi connectivity index (χ0) is 20.2. The van der Waals surface area contributed by atoms with Crippen LogP contribution in [0.2, 0.25) is 0 Å². The van der Waals surface area contributed by atoms with Gasteiger partial charge in [-0.3, -0.25) is 9.69 Å². The first-order valence-corrected chi connectivity index (χ1v) is 10.2. The molecule has 0 bridgehead atoms. The second-order valence-electron chi connectivity index (χ2n) is 7.62. The number of nitrogens with zero attached hydrogens (tertiary/aromatic N) is 2. The van der Waals surface area contributed by atoms with Gasteiger partial charge in [0.15, 0.2) is 12.0 Å². The van der Waals surface area contributed by atoms with Crippen LogP contribution in [0, 0.1) is 13.8 Å². The van der Waals surface area contributed by atoms with Crippen molar-refractivity contribution in [3.8, 4) is 28.3 Å². The SMILES string of the molecule is Cc1ccc(-c2onc(-c3ccc(OC(C=O)N4CCCCC4)cc3)c2C)cc1. The highest BCUT2D eigenvalue weighted by Gasteiger charge is 2.22. The fourth-order valence-corrected chi connectivity index (χ4v) is 3.77. The standard InChI is InChI=1S/C24H26N2O3/c1-17-6-8-20(9-7-17)24-18(2)23(25-29-24)19-10-12-21(13-11-19)28-22(16-27)26-14-4-3-5-15-26/h6-13,16,22H,3-5,14-15H2,1-2H3. The molecule has 29 heavy (non-hydrogen) atoms. The van der Waals surface area contributed by atoms with Gasteiger partial charge in [-0.1, -0.05) is 41.4 Å². The molecule has 4 rings (SSSR count). The van der Waals surface area contributed by atoms with Crippen LogP contribution in [0.3, 0.4) is 0 Å². The molecule has 1 unspecified atom stereocenters. The number of carbonyl (C=O) groups excluding carboxylic acids is 1. The van der Waals surface area contributed by atoms with Gasteiger partial charge in [-0.15, -0.1) is 0 Å². The zero-order valence-corrected chi connectivity index (χ0v) is 16.9. The summed E-state index contributed by atoms with van der Waals surface area (Å²) in [5.74, 6) is 1.46. The summed E-state index contributed by atoms with van der Waals surface area (Å²) in [7, 11) is 0. The van der Waals surface area contributed by atoms with Gasteiger partial charge >= 0.3 is 0 Å². The number of hydrogen-bond acceptors (Lipinski definition) is 5. The average molecular weight is 390 g/mol. The summed E-state index contributed by atoms with van der Waals surface area (Å²) >= 11 is 0. The molecule has 1 saturated heterocycles. The van der Waals surface area contributed by atoms with E-state index in [4.69, 9.17) is 9.26 Å². The molecule has 0 aliphatic carbocycles. The number of carbonyl (C=O) groups is 1. The molecule has 1 aliphatic heterocycles. The van der Waals surface area contributed by atoms with Gasteiger partial charge in [0.05, 0.1) is 0 Å². The summed E-state index contributed by atoms with van der Waals surface area (Å²) in [6.07, 6.45) is 3.80. The Kier molecular flexibility index (Phi) is 5.76. The fourth-order valence-electron chi connectivity index (χ4n) is 3.77. The maximum atomic E-state index is 11.5. The topological polar surface area (TPSA) is 55.6 Å². The molecule has 0 N–H and O–H groups in total. The fraction of sp³-hybridized carbons (Fsp3) is 0.333. The van der Waals surface area contributed by atoms with Crippen molar-refractivity contribution in [1.29, 1.82) is 0 Å². The lowest BCUT2D eigenvalue weighted by molar-refractivity contribution is -0.122. The van der Waals surface area contributed by atoms with Crippen molar-refractivity contribution >= 4 is 6.29 Å². The van der Waals surface area contributed by atoms with E-state index in [0.29, 0.717) is 5.75 Å². The Hall–Kier alpha value is -2.92. The molecule has 1 aromatic heterocycles. The van der Waals surface area contributed by atoms with Gasteiger partial charge in [-0.2, -0.15) is 0 Å². The lowest BCUT2D eigenvalue weighted by Crippen LogP contribution is -2.43. The van der Waals surface area contributed by atoms with Crippen LogP contribution >= 0.6 is 0 Å². The van der Waals surface area contributed by atoms with Crippen LogP contribution in [-0.4, -0.2) is 35.7 Å². The summed E-state index contributed by atoms with van der Waals surface area (Å²) in [4.78, 5) is 13.6. The highest BCUT2D eigenvalue weighted by molar-refractivity contribution is 5.72. The Morgan fingerprint density at radius 2 is 1.62 bits per heavy atom. The predicted molar refractivity (Wildman–Crippen MR) is 113 cm³/mol. The number of aryl methyl sites for hydroxylation is 1. The zero-order valence-electron chi connectivity index (χ0n) is 16.9. The number of likely N-dealkylation sites (tertiary alicyclic amines) is 1. The predicted octanol–water partition coefficient (Wildman–Crippen LogP) is 5.02. The minimum Gasteiger partial charge on any atom is -0.468 e. The van der Waals surface area contributed by atoms with Crippen LogP contribution in [0.1, 0.15) is 30.4 Å². The van der Waals surface area contributed by atoms with Crippen molar-refractivity contribution in [2.24, 2.45) is 0 Å². The smallest absolute Gasteiger partial charge is 0.209 e. The van der Waals surface area contributed by atoms with Crippen molar-refractivity contribution in [2.75, 3.05) is 13.1 Å². The van der Waals surface area contributed by atoms with Crippen LogP contribution < -0.4 is 4.74 Å². The third-order valence-electron chi connectivity index (χ3n) is 5.49. The van der Waals surface area contributed by atoms with E-state index in [1.165, 1.54) is 12.0 Å². The summed E-state index contributed by atoms with van der Waals surface area (Å²) in [5, 5.41) is 4.28. The molecule has 2 heterocycles. The molecule has 0 amide bonds. The van der Waals surface area contributed by atoms with E-state index < -0.39 is 6.23 Å². The first-order valence-electron chi connectivity index (χ1n) is 10.2. The molecule has 3 aromatic rings. The summed E-state index contributed by atoms with van der Waals surface area (Å²) in [6.45, 7) is 5.89. The molecule has 1 fully saturated rings. The minimum absolute atomic E-state index is 0.525. The maximum absolute atomic E-state index is 11.5. The number of ether oxygens (including phenoxy) is 1. The van der Waals surface area contributed by atoms with Gasteiger partial charge in [0.25, 0.3) is 0 Å². The van der Waals surface area contributed by atoms with Crippen molar-refractivity contribution < 1.29 is 14.1 Å². The minimum atomic E-state index is -0.525. The van der Waals surface area contributed by atoms with Crippen molar-refractivity contribution in [2.45, 2.75) is 39.3 Å². The Bertz CT molecular complexity index is 955. The van der Waals surface area contributed by atoms with Crippen LogP contribution in [-0.2, 0) is 4.79 Å². The first-order chi connectivity index (χ1) is 14.2. The third kappa shape index (κ3) is 4.25. The molecule has 1 atom stereocenters. The summed E-state index contributed by atoms with van der Waals surface area (Å²) < 4.78 is 11.6. The Morgan fingerprint density at radius 3 is 2.28 bits per heavy atom. The van der Waals surface area contributed by atoms with Gasteiger partial charge in [0.2, 0.25) is 6.23 Å². The number of piperidine rings is 1. The highest BCUT2D eigenvalue weighted by Crippen LogP contribution is 2.32. The molecule has 1 aliphatic rings. The van der Waals surface area contributed by atoms with Crippen molar-refractivity contribution in [1.82, 2.24) is 10.1 Å². The summed E-state index contributed by atoms with van der Waals surface area (Å²) in [5.41, 5.74) is 5.00. The Morgan fingerprint density at radius 1 is 0.966 bits per heavy atom. The van der Waals surface area contributed by atoms with Crippen molar-refractivity contribution in [3.63, 3.8) is 0 Å². The molecule has 5 heteroatoms. The van der Waals surface area contributed by atoms with E-state index in [9.17, 15) is 4.79 Å². The quantitative estimate of drug-likeness (QED) is 0.554. The first kappa shape index (κ1) is 19.4. The van der Waals surface area contributed by atoms with E-state index in [0.717, 1.165) is 60.4 Å². The number of aromatic nitrogens is 1. The van der Waals surface area contributed by atoms with Gasteiger partial charge in [0.1, 0.15) is 11.4 Å².